The van der Waals surface area contributed by atoms with Gasteiger partial charge >= 0.3 is 0 Å². The van der Waals surface area contributed by atoms with E-state index in [9.17, 15) is 23.2 Å². The number of benzene rings is 6. The van der Waals surface area contributed by atoms with Crippen LogP contribution in [0.1, 0.15) is 0 Å². The van der Waals surface area contributed by atoms with Gasteiger partial charge in [-0.15, -0.1) is 0 Å². The van der Waals surface area contributed by atoms with Crippen LogP contribution in [0.5, 0.6) is 0 Å². The number of aromatic nitrogens is 6. The quantitative estimate of drug-likeness (QED) is 0.0902. The molecular formula is C69H55Cl4F4N15O3S3. The highest BCUT2D eigenvalue weighted by Crippen LogP contribution is 2.48. The van der Waals surface area contributed by atoms with Crippen molar-refractivity contribution in [1.29, 1.82) is 0 Å². The molecule has 3 aliphatic rings. The van der Waals surface area contributed by atoms with Crippen molar-refractivity contribution in [2.45, 2.75) is 0 Å². The highest BCUT2D eigenvalue weighted by atomic mass is 35.5. The number of para-hydroxylation sites is 1. The van der Waals surface area contributed by atoms with Crippen LogP contribution in [0.3, 0.4) is 0 Å². The van der Waals surface area contributed by atoms with Crippen molar-refractivity contribution in [3.63, 3.8) is 0 Å². The molecule has 0 aliphatic carbocycles. The van der Waals surface area contributed by atoms with Crippen LogP contribution in [0, 0.1) is 23.3 Å². The summed E-state index contributed by atoms with van der Waals surface area (Å²) in [5.74, 6) is -2.24. The molecule has 98 heavy (non-hydrogen) atoms. The first kappa shape index (κ1) is 67.1. The molecule has 0 radical (unpaired) electrons. The lowest BCUT2D eigenvalue weighted by Gasteiger charge is -2.36. The Hall–Kier alpha value is -9.47. The van der Waals surface area contributed by atoms with E-state index in [1.807, 2.05) is 30.3 Å². The van der Waals surface area contributed by atoms with Gasteiger partial charge in [-0.2, -0.15) is 0 Å². The highest BCUT2D eigenvalue weighted by Gasteiger charge is 2.30. The van der Waals surface area contributed by atoms with E-state index < -0.39 is 23.3 Å². The van der Waals surface area contributed by atoms with Crippen LogP contribution in [0.4, 0.5) is 50.0 Å². The van der Waals surface area contributed by atoms with Crippen LogP contribution in [-0.4, -0.2) is 141 Å². The summed E-state index contributed by atoms with van der Waals surface area (Å²) in [5.41, 5.74) is 24.8. The molecule has 6 aromatic heterocycles. The molecular weight excluding hydrogens is 1400 g/mol. The Balaban J connectivity index is 0.000000132. The average Bonchev–Trinajstić information content (AvgIpc) is 1.14. The van der Waals surface area contributed by atoms with Gasteiger partial charge in [0, 0.05) is 164 Å². The first-order valence-corrected chi connectivity index (χ1v) is 34.4. The number of pyridine rings is 3. The summed E-state index contributed by atoms with van der Waals surface area (Å²) in [6, 6.07) is 22.0. The Morgan fingerprint density at radius 2 is 0.776 bits per heavy atom. The van der Waals surface area contributed by atoms with Crippen LogP contribution in [0.25, 0.3) is 96.7 Å². The van der Waals surface area contributed by atoms with Crippen molar-refractivity contribution in [3.05, 3.63) is 179 Å². The molecule has 9 heterocycles. The summed E-state index contributed by atoms with van der Waals surface area (Å²) in [6.45, 7) is 17.7. The van der Waals surface area contributed by atoms with Crippen molar-refractivity contribution in [3.8, 4) is 33.4 Å². The second kappa shape index (κ2) is 27.8. The standard InChI is InChI=1S/C23H18Cl2FN5OS.C23H18ClF2N5OS.C23H19ClFN5OS/c1-2-17(32)31-9-7-30(8-10-31)16-5-6-28-20-13(16)11-14(24)18(19(20)25)12-3-4-15(26)22-21(12)29-23(27)33-22;1-2-17(32)31-9-7-30(8-10-31)16-5-6-28-20-13(16)11-14(24)18(19(20)26)12-3-4-15(25)22-21(12)29-23(27)33-22;1-2-18(31)30-10-8-29(9-11-30)16-6-7-27-22-14(16)12-15(24)19(20(22)25)13-4-3-5-17-21(13)28-23(26)32-17/h2*2-6,11H,1,7-10H2,(H2,27,29);2-7,12H,1,8-11H2,(H2,26,28). The van der Waals surface area contributed by atoms with Gasteiger partial charge in [0.2, 0.25) is 17.7 Å². The van der Waals surface area contributed by atoms with Crippen molar-refractivity contribution in [1.82, 2.24) is 44.6 Å². The zero-order chi connectivity index (χ0) is 69.0. The molecule has 3 fully saturated rings. The maximum absolute atomic E-state index is 15.8. The number of anilines is 6. The Morgan fingerprint density at radius 1 is 0.429 bits per heavy atom. The minimum absolute atomic E-state index is 0.0711. The summed E-state index contributed by atoms with van der Waals surface area (Å²) in [6.07, 6.45) is 8.80. The summed E-state index contributed by atoms with van der Waals surface area (Å²) in [7, 11) is 0. The average molecular weight is 1460 g/mol. The minimum atomic E-state index is -0.612. The summed E-state index contributed by atoms with van der Waals surface area (Å²) >= 11 is 30.2. The maximum Gasteiger partial charge on any atom is 0.246 e. The maximum atomic E-state index is 15.8. The Labute approximate surface area is 589 Å². The number of hydrogen-bond donors (Lipinski definition) is 3. The zero-order valence-electron chi connectivity index (χ0n) is 51.6. The van der Waals surface area contributed by atoms with Gasteiger partial charge < -0.3 is 46.6 Å². The molecule has 498 valence electrons. The third-order valence-corrected chi connectivity index (χ3v) is 21.2. The fourth-order valence-corrected chi connectivity index (χ4v) is 16.2. The number of thiazole rings is 3. The van der Waals surface area contributed by atoms with E-state index in [2.05, 4.69) is 64.3 Å². The van der Waals surface area contributed by atoms with Crippen molar-refractivity contribution in [2.75, 3.05) is 110 Å². The number of nitrogens with two attached hydrogens (primary N) is 3. The molecule has 18 nitrogen and oxygen atoms in total. The molecule has 15 rings (SSSR count). The fraction of sp³-hybridized carbons (Fsp3) is 0.174. The van der Waals surface area contributed by atoms with Crippen molar-refractivity contribution < 1.29 is 31.9 Å². The number of fused-ring (bicyclic) bond motifs is 6. The largest absolute Gasteiger partial charge is 0.375 e. The van der Waals surface area contributed by atoms with Gasteiger partial charge in [-0.3, -0.25) is 29.3 Å². The van der Waals surface area contributed by atoms with E-state index in [-0.39, 0.29) is 70.4 Å². The summed E-state index contributed by atoms with van der Waals surface area (Å²) in [4.78, 5) is 73.2. The monoisotopic (exact) mass is 1450 g/mol. The van der Waals surface area contributed by atoms with Gasteiger partial charge in [0.15, 0.2) is 27.0 Å². The SMILES string of the molecule is C=CC(=O)N1CCN(c2ccnc3c(Cl)c(-c4ccc(F)c5sc(N)nc45)c(Cl)cc23)CC1.C=CC(=O)N1CCN(c2ccnc3c(F)c(-c4ccc(F)c5sc(N)nc45)c(Cl)cc23)CC1.C=CC(=O)N1CCN(c2ccnc3c(F)c(-c4cccc5sc(N)nc45)c(Cl)cc23)CC1. The van der Waals surface area contributed by atoms with Crippen LogP contribution in [0.2, 0.25) is 20.1 Å². The van der Waals surface area contributed by atoms with Gasteiger partial charge in [0.1, 0.15) is 22.7 Å². The number of carbonyl (C=O) groups excluding carboxylic acids is 3. The lowest BCUT2D eigenvalue weighted by molar-refractivity contribution is -0.127. The number of halogens is 8. The van der Waals surface area contributed by atoms with E-state index in [0.717, 1.165) is 49.8 Å². The first-order valence-electron chi connectivity index (χ1n) is 30.4. The van der Waals surface area contributed by atoms with Crippen LogP contribution in [0.15, 0.2) is 135 Å². The summed E-state index contributed by atoms with van der Waals surface area (Å²) in [5, 5.41) is 4.06. The predicted octanol–water partition coefficient (Wildman–Crippen LogP) is 15.0. The number of piperazine rings is 3. The molecule has 3 amide bonds. The van der Waals surface area contributed by atoms with Gasteiger partial charge in [0.25, 0.3) is 0 Å². The smallest absolute Gasteiger partial charge is 0.246 e. The molecule has 0 atom stereocenters. The molecule has 6 N–H and O–H groups in total. The minimum Gasteiger partial charge on any atom is -0.375 e. The molecule has 29 heteroatoms. The molecule has 0 unspecified atom stereocenters. The van der Waals surface area contributed by atoms with E-state index >= 15 is 8.78 Å². The molecule has 0 spiro atoms. The number of amides is 3. The predicted molar refractivity (Wildman–Crippen MR) is 391 cm³/mol. The Morgan fingerprint density at radius 3 is 1.18 bits per heavy atom. The molecule has 12 aromatic rings. The number of hydrogen-bond acceptors (Lipinski definition) is 18. The number of nitrogen functional groups attached to an aromatic ring is 3. The molecule has 3 saturated heterocycles. The topological polar surface area (TPSA) is 226 Å². The Bertz CT molecular complexity index is 5050. The van der Waals surface area contributed by atoms with Crippen LogP contribution in [-0.2, 0) is 14.4 Å². The van der Waals surface area contributed by atoms with Crippen LogP contribution >= 0.6 is 80.4 Å². The van der Waals surface area contributed by atoms with E-state index in [1.165, 1.54) is 47.8 Å². The van der Waals surface area contributed by atoms with E-state index in [1.54, 1.807) is 63.6 Å². The molecule has 6 aromatic carbocycles. The number of carbonyl (C=O) groups is 3. The number of nitrogens with zero attached hydrogens (tertiary/aromatic N) is 12. The third kappa shape index (κ3) is 12.6. The fourth-order valence-electron chi connectivity index (χ4n) is 12.6. The zero-order valence-corrected chi connectivity index (χ0v) is 57.1. The normalized spacial score (nSPS) is 14.3. The van der Waals surface area contributed by atoms with Crippen LogP contribution < -0.4 is 31.9 Å². The Kier molecular flexibility index (Phi) is 19.0. The van der Waals surface area contributed by atoms with Gasteiger partial charge in [-0.25, -0.2) is 32.5 Å². The second-order valence-electron chi connectivity index (χ2n) is 22.7. The molecule has 3 aliphatic heterocycles. The lowest BCUT2D eigenvalue weighted by Crippen LogP contribution is -2.48. The van der Waals surface area contributed by atoms with Crippen molar-refractivity contribution in [2.24, 2.45) is 0 Å². The summed E-state index contributed by atoms with van der Waals surface area (Å²) < 4.78 is 61.7. The van der Waals surface area contributed by atoms with Gasteiger partial charge in [-0.1, -0.05) is 112 Å². The van der Waals surface area contributed by atoms with Gasteiger partial charge in [-0.05, 0) is 85.0 Å². The third-order valence-electron chi connectivity index (χ3n) is 17.3. The molecule has 0 bridgehead atoms. The lowest BCUT2D eigenvalue weighted by atomic mass is 10.0. The van der Waals surface area contributed by atoms with E-state index in [0.29, 0.717) is 148 Å². The number of rotatable bonds is 9. The highest BCUT2D eigenvalue weighted by molar-refractivity contribution is 7.22. The molecule has 0 saturated carbocycles. The van der Waals surface area contributed by atoms with Gasteiger partial charge in [0.05, 0.1) is 56.3 Å². The second-order valence-corrected chi connectivity index (χ2v) is 27.4. The van der Waals surface area contributed by atoms with Crippen molar-refractivity contribution >= 4 is 194 Å². The first-order chi connectivity index (χ1) is 47.2. The van der Waals surface area contributed by atoms with E-state index in [4.69, 9.17) is 63.6 Å².